The summed E-state index contributed by atoms with van der Waals surface area (Å²) >= 11 is 0. The number of rotatable bonds is 7. The molecule has 1 fully saturated rings. The molecule has 3 aromatic rings. The van der Waals surface area contributed by atoms with Gasteiger partial charge >= 0.3 is 0 Å². The van der Waals surface area contributed by atoms with Gasteiger partial charge in [-0.1, -0.05) is 12.1 Å². The Morgan fingerprint density at radius 1 is 0.833 bits per heavy atom. The minimum absolute atomic E-state index is 0. The minimum atomic E-state index is 0. The van der Waals surface area contributed by atoms with Crippen LogP contribution in [0.2, 0.25) is 0 Å². The van der Waals surface area contributed by atoms with Gasteiger partial charge < -0.3 is 24.0 Å². The molecule has 8 nitrogen and oxygen atoms in total. The highest BCUT2D eigenvalue weighted by atomic mass is 35.5. The standard InChI is InChI=1S/C27H33N5O3.ClH/c1-33-22-8-9-25(34-2)20(16-22)18-30-11-10-23-21(19-30)17-28-27(29-23)32-14-12-31(13-15-32)24-6-4-5-7-26(24)35-3;/h4-9,16-17H,10-15,18-19H2,1-3H3;1H. The molecule has 0 saturated carbocycles. The molecule has 0 N–H and O–H groups in total. The van der Waals surface area contributed by atoms with Crippen molar-refractivity contribution in [3.05, 3.63) is 65.5 Å². The normalized spacial score (nSPS) is 15.6. The quantitative estimate of drug-likeness (QED) is 0.474. The van der Waals surface area contributed by atoms with Gasteiger partial charge in [-0.15, -0.1) is 12.4 Å². The molecule has 3 heterocycles. The van der Waals surface area contributed by atoms with Crippen molar-refractivity contribution in [3.63, 3.8) is 0 Å². The summed E-state index contributed by atoms with van der Waals surface area (Å²) in [4.78, 5) is 16.8. The number of benzene rings is 2. The molecule has 1 saturated heterocycles. The molecule has 5 rings (SSSR count). The van der Waals surface area contributed by atoms with Crippen LogP contribution in [-0.2, 0) is 19.5 Å². The Kier molecular flexibility index (Phi) is 8.38. The molecule has 0 radical (unpaired) electrons. The lowest BCUT2D eigenvalue weighted by Crippen LogP contribution is -2.47. The van der Waals surface area contributed by atoms with Crippen molar-refractivity contribution < 1.29 is 14.2 Å². The third-order valence-electron chi connectivity index (χ3n) is 6.87. The lowest BCUT2D eigenvalue weighted by Gasteiger charge is -2.37. The molecule has 0 spiro atoms. The molecule has 0 amide bonds. The molecule has 0 atom stereocenters. The molecule has 2 aliphatic rings. The molecule has 2 aromatic carbocycles. The predicted octanol–water partition coefficient (Wildman–Crippen LogP) is 3.81. The minimum Gasteiger partial charge on any atom is -0.497 e. The van der Waals surface area contributed by atoms with Crippen molar-refractivity contribution in [2.45, 2.75) is 19.5 Å². The first-order chi connectivity index (χ1) is 17.2. The van der Waals surface area contributed by atoms with Crippen molar-refractivity contribution in [1.82, 2.24) is 14.9 Å². The van der Waals surface area contributed by atoms with Crippen LogP contribution in [0.25, 0.3) is 0 Å². The zero-order chi connectivity index (χ0) is 24.2. The van der Waals surface area contributed by atoms with Crippen LogP contribution in [0.3, 0.4) is 0 Å². The Hall–Kier alpha value is -3.23. The van der Waals surface area contributed by atoms with Gasteiger partial charge in [0.15, 0.2) is 0 Å². The molecule has 0 bridgehead atoms. The Morgan fingerprint density at radius 2 is 1.58 bits per heavy atom. The fourth-order valence-electron chi connectivity index (χ4n) is 4.94. The fraction of sp³-hybridized carbons (Fsp3) is 0.407. The van der Waals surface area contributed by atoms with E-state index in [4.69, 9.17) is 24.2 Å². The maximum absolute atomic E-state index is 5.56. The van der Waals surface area contributed by atoms with Crippen molar-refractivity contribution in [2.24, 2.45) is 0 Å². The van der Waals surface area contributed by atoms with Crippen LogP contribution in [0.1, 0.15) is 16.8 Å². The lowest BCUT2D eigenvalue weighted by atomic mass is 10.1. The highest BCUT2D eigenvalue weighted by Crippen LogP contribution is 2.30. The molecule has 9 heteroatoms. The lowest BCUT2D eigenvalue weighted by molar-refractivity contribution is 0.238. The Labute approximate surface area is 219 Å². The number of piperazine rings is 1. The van der Waals surface area contributed by atoms with Crippen molar-refractivity contribution in [2.75, 3.05) is 63.9 Å². The van der Waals surface area contributed by atoms with E-state index >= 15 is 0 Å². The molecule has 2 aliphatic heterocycles. The van der Waals surface area contributed by atoms with Crippen LogP contribution in [-0.4, -0.2) is 68.9 Å². The number of anilines is 2. The third-order valence-corrected chi connectivity index (χ3v) is 6.87. The van der Waals surface area contributed by atoms with Gasteiger partial charge in [-0.25, -0.2) is 9.97 Å². The van der Waals surface area contributed by atoms with Gasteiger partial charge in [0.2, 0.25) is 5.95 Å². The average molecular weight is 512 g/mol. The van der Waals surface area contributed by atoms with Crippen LogP contribution in [0.15, 0.2) is 48.7 Å². The number of methoxy groups -OCH3 is 3. The van der Waals surface area contributed by atoms with E-state index in [9.17, 15) is 0 Å². The molecule has 36 heavy (non-hydrogen) atoms. The zero-order valence-electron chi connectivity index (χ0n) is 21.1. The number of aromatic nitrogens is 2. The molecule has 0 aliphatic carbocycles. The molecular formula is C27H34ClN5O3. The summed E-state index contributed by atoms with van der Waals surface area (Å²) in [7, 11) is 5.13. The average Bonchev–Trinajstić information content (AvgIpc) is 2.92. The first kappa shape index (κ1) is 25.9. The van der Waals surface area contributed by atoms with E-state index in [1.807, 2.05) is 30.5 Å². The summed E-state index contributed by atoms with van der Waals surface area (Å²) in [5.74, 6) is 3.49. The highest BCUT2D eigenvalue weighted by molar-refractivity contribution is 5.85. The summed E-state index contributed by atoms with van der Waals surface area (Å²) in [6, 6.07) is 14.2. The van der Waals surface area contributed by atoms with Crippen molar-refractivity contribution in [3.8, 4) is 17.2 Å². The van der Waals surface area contributed by atoms with Crippen LogP contribution in [0, 0.1) is 0 Å². The van der Waals surface area contributed by atoms with Crippen LogP contribution in [0.5, 0.6) is 17.2 Å². The predicted molar refractivity (Wildman–Crippen MR) is 144 cm³/mol. The Bertz CT molecular complexity index is 1170. The fourth-order valence-corrected chi connectivity index (χ4v) is 4.94. The van der Waals surface area contributed by atoms with Gasteiger partial charge in [-0.2, -0.15) is 0 Å². The van der Waals surface area contributed by atoms with Gasteiger partial charge in [0.05, 0.1) is 32.7 Å². The number of para-hydroxylation sites is 2. The molecular weight excluding hydrogens is 478 g/mol. The van der Waals surface area contributed by atoms with Crippen LogP contribution in [0.4, 0.5) is 11.6 Å². The number of ether oxygens (including phenoxy) is 3. The number of halogens is 1. The summed E-state index contributed by atoms with van der Waals surface area (Å²) in [6.07, 6.45) is 2.93. The van der Waals surface area contributed by atoms with Crippen LogP contribution >= 0.6 is 12.4 Å². The molecule has 1 aromatic heterocycles. The first-order valence-corrected chi connectivity index (χ1v) is 12.1. The van der Waals surface area contributed by atoms with Gasteiger partial charge in [0, 0.05) is 69.6 Å². The van der Waals surface area contributed by atoms with E-state index in [1.165, 1.54) is 5.56 Å². The number of hydrogen-bond acceptors (Lipinski definition) is 8. The van der Waals surface area contributed by atoms with E-state index in [0.717, 1.165) is 92.4 Å². The highest BCUT2D eigenvalue weighted by Gasteiger charge is 2.24. The van der Waals surface area contributed by atoms with Crippen molar-refractivity contribution in [1.29, 1.82) is 0 Å². The maximum atomic E-state index is 5.56. The first-order valence-electron chi connectivity index (χ1n) is 12.1. The third kappa shape index (κ3) is 5.44. The summed E-state index contributed by atoms with van der Waals surface area (Å²) < 4.78 is 16.5. The summed E-state index contributed by atoms with van der Waals surface area (Å²) in [5, 5.41) is 0. The van der Waals surface area contributed by atoms with Crippen molar-refractivity contribution >= 4 is 24.0 Å². The number of hydrogen-bond donors (Lipinski definition) is 0. The second kappa shape index (κ2) is 11.7. The van der Waals surface area contributed by atoms with E-state index in [-0.39, 0.29) is 12.4 Å². The van der Waals surface area contributed by atoms with Gasteiger partial charge in [-0.05, 0) is 30.3 Å². The maximum Gasteiger partial charge on any atom is 0.225 e. The second-order valence-electron chi connectivity index (χ2n) is 8.93. The van der Waals surface area contributed by atoms with Crippen LogP contribution < -0.4 is 24.0 Å². The SMILES string of the molecule is COc1ccc(OC)c(CN2CCc3nc(N4CCN(c5ccccc5OC)CC4)ncc3C2)c1.Cl. The summed E-state index contributed by atoms with van der Waals surface area (Å²) in [6.45, 7) is 6.18. The van der Waals surface area contributed by atoms with E-state index in [1.54, 1.807) is 21.3 Å². The van der Waals surface area contributed by atoms with Gasteiger partial charge in [-0.3, -0.25) is 4.90 Å². The Balaban J connectivity index is 0.00000304. The summed E-state index contributed by atoms with van der Waals surface area (Å²) in [5.41, 5.74) is 4.64. The number of fused-ring (bicyclic) bond motifs is 1. The largest absolute Gasteiger partial charge is 0.497 e. The van der Waals surface area contributed by atoms with E-state index in [2.05, 4.69) is 32.9 Å². The zero-order valence-corrected chi connectivity index (χ0v) is 22.0. The van der Waals surface area contributed by atoms with Gasteiger partial charge in [0.1, 0.15) is 17.2 Å². The van der Waals surface area contributed by atoms with Gasteiger partial charge in [0.25, 0.3) is 0 Å². The topological polar surface area (TPSA) is 63.2 Å². The monoisotopic (exact) mass is 511 g/mol. The molecule has 192 valence electrons. The van der Waals surface area contributed by atoms with E-state index < -0.39 is 0 Å². The number of nitrogens with zero attached hydrogens (tertiary/aromatic N) is 5. The second-order valence-corrected chi connectivity index (χ2v) is 8.93. The Morgan fingerprint density at radius 3 is 2.33 bits per heavy atom. The molecule has 0 unspecified atom stereocenters. The smallest absolute Gasteiger partial charge is 0.225 e. The van der Waals surface area contributed by atoms with E-state index in [0.29, 0.717) is 0 Å².